The van der Waals surface area contributed by atoms with Crippen LogP contribution in [0.4, 0.5) is 5.69 Å². The predicted octanol–water partition coefficient (Wildman–Crippen LogP) is 4.83. The Morgan fingerprint density at radius 1 is 1.06 bits per heavy atom. The Labute approximate surface area is 203 Å². The molecule has 0 saturated carbocycles. The number of ether oxygens (including phenoxy) is 3. The van der Waals surface area contributed by atoms with Gasteiger partial charge in [-0.25, -0.2) is 0 Å². The van der Waals surface area contributed by atoms with Gasteiger partial charge in [-0.2, -0.15) is 0 Å². The third-order valence-corrected chi connectivity index (χ3v) is 5.96. The molecule has 8 nitrogen and oxygen atoms in total. The van der Waals surface area contributed by atoms with E-state index >= 15 is 0 Å². The van der Waals surface area contributed by atoms with Crippen LogP contribution >= 0.6 is 0 Å². The molecule has 1 unspecified atom stereocenters. The Balaban J connectivity index is 1.63. The van der Waals surface area contributed by atoms with Crippen LogP contribution in [-0.4, -0.2) is 43.1 Å². The van der Waals surface area contributed by atoms with Crippen molar-refractivity contribution in [2.45, 2.75) is 12.5 Å². The van der Waals surface area contributed by atoms with Gasteiger partial charge in [0, 0.05) is 24.8 Å². The Kier molecular flexibility index (Phi) is 7.30. The van der Waals surface area contributed by atoms with Crippen molar-refractivity contribution in [1.82, 2.24) is 4.90 Å². The minimum atomic E-state index is -0.458. The molecule has 3 aromatic carbocycles. The lowest BCUT2D eigenvalue weighted by molar-refractivity contribution is -0.384. The molecule has 0 bridgehead atoms. The number of carbonyl (C=O) groups excluding carboxylic acids is 1. The summed E-state index contributed by atoms with van der Waals surface area (Å²) in [5.74, 6) is 1.55. The minimum absolute atomic E-state index is 0.0138. The zero-order chi connectivity index (χ0) is 24.8. The summed E-state index contributed by atoms with van der Waals surface area (Å²) in [6.07, 6.45) is 4.02. The molecule has 1 atom stereocenters. The van der Waals surface area contributed by atoms with Crippen LogP contribution in [0.15, 0.2) is 72.8 Å². The Morgan fingerprint density at radius 2 is 1.74 bits per heavy atom. The van der Waals surface area contributed by atoms with Crippen LogP contribution in [0.2, 0.25) is 0 Å². The van der Waals surface area contributed by atoms with Gasteiger partial charge in [-0.3, -0.25) is 14.9 Å². The van der Waals surface area contributed by atoms with Crippen molar-refractivity contribution in [2.75, 3.05) is 27.4 Å². The monoisotopic (exact) mass is 474 g/mol. The first-order valence-corrected chi connectivity index (χ1v) is 11.2. The van der Waals surface area contributed by atoms with Gasteiger partial charge < -0.3 is 19.1 Å². The smallest absolute Gasteiger partial charge is 0.269 e. The maximum atomic E-state index is 13.3. The molecule has 3 aromatic rings. The van der Waals surface area contributed by atoms with Crippen molar-refractivity contribution in [2.24, 2.45) is 0 Å². The van der Waals surface area contributed by atoms with E-state index in [1.54, 1.807) is 43.4 Å². The molecule has 180 valence electrons. The van der Waals surface area contributed by atoms with Crippen LogP contribution in [0, 0.1) is 10.1 Å². The van der Waals surface area contributed by atoms with Crippen LogP contribution in [0.1, 0.15) is 22.7 Å². The highest BCUT2D eigenvalue weighted by molar-refractivity contribution is 5.92. The van der Waals surface area contributed by atoms with Gasteiger partial charge in [0.2, 0.25) is 5.91 Å². The predicted molar refractivity (Wildman–Crippen MR) is 132 cm³/mol. The summed E-state index contributed by atoms with van der Waals surface area (Å²) in [7, 11) is 3.16. The number of fused-ring (bicyclic) bond motifs is 1. The summed E-state index contributed by atoms with van der Waals surface area (Å²) in [5, 5.41) is 10.9. The summed E-state index contributed by atoms with van der Waals surface area (Å²) in [5.41, 5.74) is 2.89. The van der Waals surface area contributed by atoms with Crippen LogP contribution in [-0.2, 0) is 11.2 Å². The van der Waals surface area contributed by atoms with Crippen LogP contribution in [0.3, 0.4) is 0 Å². The molecule has 0 N–H and O–H groups in total. The Hall–Kier alpha value is -4.33. The maximum Gasteiger partial charge on any atom is 0.269 e. The number of rotatable bonds is 8. The van der Waals surface area contributed by atoms with Crippen LogP contribution < -0.4 is 14.2 Å². The zero-order valence-corrected chi connectivity index (χ0v) is 19.5. The lowest BCUT2D eigenvalue weighted by Gasteiger charge is -2.37. The van der Waals surface area contributed by atoms with Gasteiger partial charge in [-0.1, -0.05) is 30.3 Å². The van der Waals surface area contributed by atoms with Gasteiger partial charge in [-0.05, 0) is 53.5 Å². The number of benzene rings is 3. The molecular formula is C27H26N2O6. The standard InChI is InChI=1S/C27H26N2O6/c1-33-25-16-20-14-15-28(27(30)13-8-19-6-4-3-5-7-19)24(23(20)17-26(25)34-2)18-35-22-11-9-21(10-12-22)29(31)32/h3-13,16-17,24H,14-15,18H2,1-2H3/b13-8+. The highest BCUT2D eigenvalue weighted by Gasteiger charge is 2.32. The molecule has 1 aliphatic rings. The average Bonchev–Trinajstić information content (AvgIpc) is 2.90. The number of methoxy groups -OCH3 is 2. The highest BCUT2D eigenvalue weighted by Crippen LogP contribution is 2.38. The van der Waals surface area contributed by atoms with Crippen LogP contribution in [0.25, 0.3) is 6.08 Å². The number of hydrogen-bond donors (Lipinski definition) is 0. The van der Waals surface area contributed by atoms with E-state index in [1.807, 2.05) is 42.5 Å². The molecular weight excluding hydrogens is 448 g/mol. The number of non-ortho nitro benzene ring substituents is 1. The summed E-state index contributed by atoms with van der Waals surface area (Å²) in [6, 6.07) is 19.0. The van der Waals surface area contributed by atoms with E-state index in [1.165, 1.54) is 12.1 Å². The van der Waals surface area contributed by atoms with Crippen molar-refractivity contribution in [3.8, 4) is 17.2 Å². The van der Waals surface area contributed by atoms with Crippen molar-refractivity contribution in [1.29, 1.82) is 0 Å². The summed E-state index contributed by atoms with van der Waals surface area (Å²) in [4.78, 5) is 25.5. The zero-order valence-electron chi connectivity index (χ0n) is 19.5. The average molecular weight is 475 g/mol. The third-order valence-electron chi connectivity index (χ3n) is 5.96. The molecule has 0 spiro atoms. The molecule has 1 amide bonds. The highest BCUT2D eigenvalue weighted by atomic mass is 16.6. The third kappa shape index (κ3) is 5.43. The summed E-state index contributed by atoms with van der Waals surface area (Å²) in [6.45, 7) is 0.681. The lowest BCUT2D eigenvalue weighted by Crippen LogP contribution is -2.41. The van der Waals surface area contributed by atoms with Gasteiger partial charge in [-0.15, -0.1) is 0 Å². The van der Waals surface area contributed by atoms with Gasteiger partial charge >= 0.3 is 0 Å². The first-order chi connectivity index (χ1) is 17.0. The van der Waals surface area contributed by atoms with E-state index < -0.39 is 4.92 Å². The molecule has 0 aromatic heterocycles. The Morgan fingerprint density at radius 3 is 2.40 bits per heavy atom. The second kappa shape index (κ2) is 10.7. The second-order valence-electron chi connectivity index (χ2n) is 8.01. The minimum Gasteiger partial charge on any atom is -0.493 e. The van der Waals surface area contributed by atoms with E-state index in [9.17, 15) is 14.9 Å². The number of nitro groups is 1. The van der Waals surface area contributed by atoms with E-state index in [-0.39, 0.29) is 24.2 Å². The molecule has 0 saturated heterocycles. The second-order valence-corrected chi connectivity index (χ2v) is 8.01. The summed E-state index contributed by atoms with van der Waals surface area (Å²) < 4.78 is 17.0. The molecule has 8 heteroatoms. The van der Waals surface area contributed by atoms with Gasteiger partial charge in [0.05, 0.1) is 25.2 Å². The number of hydrogen-bond acceptors (Lipinski definition) is 6. The van der Waals surface area contributed by atoms with Crippen molar-refractivity contribution < 1.29 is 23.9 Å². The topological polar surface area (TPSA) is 91.1 Å². The Bertz CT molecular complexity index is 1220. The summed E-state index contributed by atoms with van der Waals surface area (Å²) >= 11 is 0. The van der Waals surface area contributed by atoms with Crippen molar-refractivity contribution in [3.63, 3.8) is 0 Å². The molecule has 0 radical (unpaired) electrons. The number of nitro benzene ring substituents is 1. The number of carbonyl (C=O) groups is 1. The van der Waals surface area contributed by atoms with E-state index in [4.69, 9.17) is 14.2 Å². The lowest BCUT2D eigenvalue weighted by atomic mass is 9.92. The molecule has 35 heavy (non-hydrogen) atoms. The van der Waals surface area contributed by atoms with Crippen LogP contribution in [0.5, 0.6) is 17.2 Å². The van der Waals surface area contributed by atoms with Gasteiger partial charge in [0.25, 0.3) is 5.69 Å². The molecule has 4 rings (SSSR count). The number of amides is 1. The molecule has 1 heterocycles. The van der Waals surface area contributed by atoms with Crippen molar-refractivity contribution in [3.05, 3.63) is 99.6 Å². The normalized spacial score (nSPS) is 14.9. The fourth-order valence-electron chi connectivity index (χ4n) is 4.14. The van der Waals surface area contributed by atoms with E-state index in [0.717, 1.165) is 16.7 Å². The van der Waals surface area contributed by atoms with Crippen molar-refractivity contribution >= 4 is 17.7 Å². The fourth-order valence-corrected chi connectivity index (χ4v) is 4.14. The molecule has 0 fully saturated rings. The molecule has 0 aliphatic carbocycles. The SMILES string of the molecule is COc1cc2c(cc1OC)C(COc1ccc([N+](=O)[O-])cc1)N(C(=O)/C=C/c1ccccc1)CC2. The van der Waals surface area contributed by atoms with Gasteiger partial charge in [0.1, 0.15) is 12.4 Å². The quantitative estimate of drug-likeness (QED) is 0.264. The largest absolute Gasteiger partial charge is 0.493 e. The van der Waals surface area contributed by atoms with Gasteiger partial charge in [0.15, 0.2) is 11.5 Å². The molecule has 1 aliphatic heterocycles. The fraction of sp³-hybridized carbons (Fsp3) is 0.222. The van der Waals surface area contributed by atoms with E-state index in [2.05, 4.69) is 0 Å². The van der Waals surface area contributed by atoms with E-state index in [0.29, 0.717) is 30.2 Å². The maximum absolute atomic E-state index is 13.3. The first kappa shape index (κ1) is 23.8. The number of nitrogens with zero attached hydrogens (tertiary/aromatic N) is 2. The first-order valence-electron chi connectivity index (χ1n) is 11.2.